The van der Waals surface area contributed by atoms with E-state index in [1.807, 2.05) is 6.07 Å². The molecule has 1 aromatic rings. The number of rotatable bonds is 6. The molecule has 1 heterocycles. The Morgan fingerprint density at radius 2 is 2.32 bits per heavy atom. The van der Waals surface area contributed by atoms with Crippen LogP contribution in [-0.2, 0) is 4.74 Å². The Balaban J connectivity index is 1.87. The quantitative estimate of drug-likeness (QED) is 0.854. The number of ether oxygens (including phenoxy) is 2. The molecule has 1 aromatic carbocycles. The van der Waals surface area contributed by atoms with Gasteiger partial charge in [0.25, 0.3) is 0 Å². The molecule has 1 aliphatic rings. The average Bonchev–Trinajstić information content (AvgIpc) is 2.47. The molecule has 3 nitrogen and oxygen atoms in total. The van der Waals surface area contributed by atoms with E-state index in [1.54, 1.807) is 0 Å². The maximum atomic E-state index is 5.86. The Hall–Kier alpha value is -1.06. The molecule has 0 aromatic heterocycles. The first-order valence-electron chi connectivity index (χ1n) is 7.37. The van der Waals surface area contributed by atoms with E-state index >= 15 is 0 Å². The average molecular weight is 263 g/mol. The number of hydrogen-bond acceptors (Lipinski definition) is 3. The third kappa shape index (κ3) is 4.51. The summed E-state index contributed by atoms with van der Waals surface area (Å²) < 4.78 is 11.5. The molecule has 0 spiro atoms. The van der Waals surface area contributed by atoms with Crippen LogP contribution in [0.15, 0.2) is 24.3 Å². The summed E-state index contributed by atoms with van der Waals surface area (Å²) in [5.41, 5.74) is 1.27. The van der Waals surface area contributed by atoms with E-state index in [4.69, 9.17) is 9.47 Å². The lowest BCUT2D eigenvalue weighted by Gasteiger charge is -2.23. The Kier molecular flexibility index (Phi) is 5.67. The normalized spacial score (nSPS) is 21.1. The van der Waals surface area contributed by atoms with Gasteiger partial charge in [-0.05, 0) is 50.4 Å². The molecule has 1 fully saturated rings. The van der Waals surface area contributed by atoms with Crippen LogP contribution in [0, 0.1) is 0 Å². The van der Waals surface area contributed by atoms with Crippen molar-refractivity contribution in [2.24, 2.45) is 0 Å². The Labute approximate surface area is 116 Å². The largest absolute Gasteiger partial charge is 0.491 e. The maximum absolute atomic E-state index is 5.86. The fraction of sp³-hybridized carbons (Fsp3) is 0.625. The Morgan fingerprint density at radius 1 is 1.42 bits per heavy atom. The molecule has 19 heavy (non-hydrogen) atoms. The summed E-state index contributed by atoms with van der Waals surface area (Å²) in [5, 5.41) is 3.41. The number of hydrogen-bond donors (Lipinski definition) is 1. The molecular weight excluding hydrogens is 238 g/mol. The van der Waals surface area contributed by atoms with Crippen molar-refractivity contribution in [2.45, 2.75) is 45.3 Å². The van der Waals surface area contributed by atoms with E-state index in [0.29, 0.717) is 12.6 Å². The molecule has 1 N–H and O–H groups in total. The van der Waals surface area contributed by atoms with E-state index in [2.05, 4.69) is 37.4 Å². The van der Waals surface area contributed by atoms with Crippen molar-refractivity contribution in [3.05, 3.63) is 29.8 Å². The molecule has 2 unspecified atom stereocenters. The van der Waals surface area contributed by atoms with Gasteiger partial charge in [-0.2, -0.15) is 0 Å². The zero-order chi connectivity index (χ0) is 13.5. The number of nitrogens with one attached hydrogen (secondary N) is 1. The maximum Gasteiger partial charge on any atom is 0.119 e. The SMILES string of the molecule is CCNC(C)c1cccc(OCC2CCCCO2)c1. The van der Waals surface area contributed by atoms with Crippen LogP contribution in [0.1, 0.15) is 44.7 Å². The van der Waals surface area contributed by atoms with Crippen molar-refractivity contribution in [1.29, 1.82) is 0 Å². The van der Waals surface area contributed by atoms with Gasteiger partial charge in [-0.1, -0.05) is 19.1 Å². The molecule has 2 rings (SSSR count). The molecule has 0 bridgehead atoms. The zero-order valence-corrected chi connectivity index (χ0v) is 12.0. The van der Waals surface area contributed by atoms with Gasteiger partial charge < -0.3 is 14.8 Å². The summed E-state index contributed by atoms with van der Waals surface area (Å²) in [6, 6.07) is 8.69. The summed E-state index contributed by atoms with van der Waals surface area (Å²) in [4.78, 5) is 0. The zero-order valence-electron chi connectivity index (χ0n) is 12.0. The van der Waals surface area contributed by atoms with Gasteiger partial charge in [0.15, 0.2) is 0 Å². The van der Waals surface area contributed by atoms with Gasteiger partial charge in [-0.3, -0.25) is 0 Å². The summed E-state index contributed by atoms with van der Waals surface area (Å²) in [6.45, 7) is 6.82. The van der Waals surface area contributed by atoms with Gasteiger partial charge in [0.2, 0.25) is 0 Å². The highest BCUT2D eigenvalue weighted by atomic mass is 16.5. The lowest BCUT2D eigenvalue weighted by atomic mass is 10.1. The van der Waals surface area contributed by atoms with Crippen molar-refractivity contribution < 1.29 is 9.47 Å². The minimum Gasteiger partial charge on any atom is -0.491 e. The van der Waals surface area contributed by atoms with Crippen LogP contribution in [0.2, 0.25) is 0 Å². The van der Waals surface area contributed by atoms with Crippen molar-refractivity contribution >= 4 is 0 Å². The second kappa shape index (κ2) is 7.51. The van der Waals surface area contributed by atoms with E-state index < -0.39 is 0 Å². The smallest absolute Gasteiger partial charge is 0.119 e. The highest BCUT2D eigenvalue weighted by Gasteiger charge is 2.14. The minimum atomic E-state index is 0.267. The lowest BCUT2D eigenvalue weighted by Crippen LogP contribution is -2.25. The van der Waals surface area contributed by atoms with E-state index in [-0.39, 0.29) is 6.10 Å². The van der Waals surface area contributed by atoms with Gasteiger partial charge in [0.1, 0.15) is 12.4 Å². The van der Waals surface area contributed by atoms with Gasteiger partial charge >= 0.3 is 0 Å². The molecule has 1 saturated heterocycles. The van der Waals surface area contributed by atoms with Crippen LogP contribution in [-0.4, -0.2) is 25.9 Å². The van der Waals surface area contributed by atoms with E-state index in [0.717, 1.165) is 25.3 Å². The molecule has 0 aliphatic carbocycles. The Bertz CT molecular complexity index is 375. The predicted octanol–water partition coefficient (Wildman–Crippen LogP) is 3.31. The summed E-state index contributed by atoms with van der Waals surface area (Å²) in [6.07, 6.45) is 3.83. The van der Waals surface area contributed by atoms with Gasteiger partial charge in [0, 0.05) is 12.6 Å². The summed E-state index contributed by atoms with van der Waals surface area (Å²) in [7, 11) is 0. The molecule has 2 atom stereocenters. The monoisotopic (exact) mass is 263 g/mol. The molecule has 3 heteroatoms. The molecule has 0 amide bonds. The van der Waals surface area contributed by atoms with E-state index in [9.17, 15) is 0 Å². The molecule has 106 valence electrons. The molecule has 0 saturated carbocycles. The Morgan fingerprint density at radius 3 is 3.05 bits per heavy atom. The van der Waals surface area contributed by atoms with Crippen molar-refractivity contribution in [3.8, 4) is 5.75 Å². The topological polar surface area (TPSA) is 30.5 Å². The predicted molar refractivity (Wildman–Crippen MR) is 77.6 cm³/mol. The fourth-order valence-electron chi connectivity index (χ4n) is 2.43. The molecule has 1 aliphatic heterocycles. The highest BCUT2D eigenvalue weighted by Crippen LogP contribution is 2.20. The summed E-state index contributed by atoms with van der Waals surface area (Å²) >= 11 is 0. The van der Waals surface area contributed by atoms with Crippen LogP contribution < -0.4 is 10.1 Å². The van der Waals surface area contributed by atoms with Crippen LogP contribution in [0.25, 0.3) is 0 Å². The van der Waals surface area contributed by atoms with Crippen LogP contribution in [0.4, 0.5) is 0 Å². The van der Waals surface area contributed by atoms with E-state index in [1.165, 1.54) is 18.4 Å². The molecule has 0 radical (unpaired) electrons. The van der Waals surface area contributed by atoms with Gasteiger partial charge in [-0.15, -0.1) is 0 Å². The van der Waals surface area contributed by atoms with Crippen molar-refractivity contribution in [1.82, 2.24) is 5.32 Å². The van der Waals surface area contributed by atoms with Gasteiger partial charge in [-0.25, -0.2) is 0 Å². The first-order chi connectivity index (χ1) is 9.29. The molecular formula is C16H25NO2. The minimum absolute atomic E-state index is 0.267. The van der Waals surface area contributed by atoms with Crippen molar-refractivity contribution in [3.63, 3.8) is 0 Å². The van der Waals surface area contributed by atoms with Crippen LogP contribution in [0.5, 0.6) is 5.75 Å². The first kappa shape index (κ1) is 14.4. The third-order valence-corrected chi connectivity index (χ3v) is 3.58. The highest BCUT2D eigenvalue weighted by molar-refractivity contribution is 5.30. The van der Waals surface area contributed by atoms with Crippen LogP contribution >= 0.6 is 0 Å². The van der Waals surface area contributed by atoms with Gasteiger partial charge in [0.05, 0.1) is 6.10 Å². The second-order valence-corrected chi connectivity index (χ2v) is 5.15. The second-order valence-electron chi connectivity index (χ2n) is 5.15. The number of benzene rings is 1. The first-order valence-corrected chi connectivity index (χ1v) is 7.37. The lowest BCUT2D eigenvalue weighted by molar-refractivity contribution is -0.0110. The standard InChI is InChI=1S/C16H25NO2/c1-3-17-13(2)14-7-6-9-15(11-14)19-12-16-8-4-5-10-18-16/h6-7,9,11,13,16-17H,3-5,8,10,12H2,1-2H3. The van der Waals surface area contributed by atoms with Crippen LogP contribution in [0.3, 0.4) is 0 Å². The summed E-state index contributed by atoms with van der Waals surface area (Å²) in [5.74, 6) is 0.941. The van der Waals surface area contributed by atoms with Crippen molar-refractivity contribution in [2.75, 3.05) is 19.8 Å². The third-order valence-electron chi connectivity index (χ3n) is 3.58. The fourth-order valence-corrected chi connectivity index (χ4v) is 2.43.